The Bertz CT molecular complexity index is 590. The third kappa shape index (κ3) is 3.47. The summed E-state index contributed by atoms with van der Waals surface area (Å²) in [5.74, 6) is 0.658. The van der Waals surface area contributed by atoms with Crippen LogP contribution >= 0.6 is 0 Å². The molecule has 1 aromatic carbocycles. The lowest BCUT2D eigenvalue weighted by molar-refractivity contribution is -0.138. The summed E-state index contributed by atoms with van der Waals surface area (Å²) >= 11 is 0. The summed E-state index contributed by atoms with van der Waals surface area (Å²) in [7, 11) is 0. The average molecular weight is 318 g/mol. The van der Waals surface area contributed by atoms with Crippen molar-refractivity contribution in [3.8, 4) is 5.75 Å². The lowest BCUT2D eigenvalue weighted by atomic mass is 10.2. The van der Waals surface area contributed by atoms with Gasteiger partial charge in [0.15, 0.2) is 6.61 Å². The monoisotopic (exact) mass is 318 g/mol. The number of fused-ring (bicyclic) bond motifs is 1. The van der Waals surface area contributed by atoms with Crippen molar-refractivity contribution in [3.63, 3.8) is 0 Å². The van der Waals surface area contributed by atoms with E-state index in [1.54, 1.807) is 4.90 Å². The fourth-order valence-electron chi connectivity index (χ4n) is 2.96. The Morgan fingerprint density at radius 3 is 3.00 bits per heavy atom. The molecule has 124 valence electrons. The van der Waals surface area contributed by atoms with E-state index in [1.165, 1.54) is 0 Å². The average Bonchev–Trinajstić information content (AvgIpc) is 2.60. The summed E-state index contributed by atoms with van der Waals surface area (Å²) < 4.78 is 11.0. The number of morpholine rings is 1. The predicted octanol–water partition coefficient (Wildman–Crippen LogP) is 1.44. The van der Waals surface area contributed by atoms with E-state index in [2.05, 4.69) is 6.92 Å². The first-order chi connectivity index (χ1) is 11.2. The molecule has 0 aromatic heterocycles. The third-order valence-corrected chi connectivity index (χ3v) is 4.30. The molecule has 0 unspecified atom stereocenters. The van der Waals surface area contributed by atoms with Crippen LogP contribution in [-0.4, -0.2) is 55.7 Å². The number of carbonyl (C=O) groups excluding carboxylic acids is 2. The first kappa shape index (κ1) is 15.8. The van der Waals surface area contributed by atoms with Gasteiger partial charge in [0.25, 0.3) is 5.91 Å². The van der Waals surface area contributed by atoms with Crippen LogP contribution in [0.3, 0.4) is 0 Å². The van der Waals surface area contributed by atoms with Gasteiger partial charge in [-0.15, -0.1) is 0 Å². The number of carbonyl (C=O) groups is 2. The lowest BCUT2D eigenvalue weighted by Gasteiger charge is -2.34. The van der Waals surface area contributed by atoms with Crippen LogP contribution < -0.4 is 9.64 Å². The number of ether oxygens (including phenoxy) is 2. The smallest absolute Gasteiger partial charge is 0.265 e. The van der Waals surface area contributed by atoms with Crippen molar-refractivity contribution in [2.24, 2.45) is 0 Å². The second-order valence-electron chi connectivity index (χ2n) is 5.79. The molecule has 1 aromatic rings. The van der Waals surface area contributed by atoms with Crippen LogP contribution in [0.5, 0.6) is 5.75 Å². The van der Waals surface area contributed by atoms with E-state index >= 15 is 0 Å². The number of nitrogens with zero attached hydrogens (tertiary/aromatic N) is 2. The van der Waals surface area contributed by atoms with Crippen LogP contribution in [0.25, 0.3) is 0 Å². The van der Waals surface area contributed by atoms with E-state index in [1.807, 2.05) is 29.2 Å². The van der Waals surface area contributed by atoms with E-state index in [0.29, 0.717) is 38.4 Å². The second-order valence-corrected chi connectivity index (χ2v) is 5.79. The first-order valence-electron chi connectivity index (χ1n) is 8.10. The zero-order valence-electron chi connectivity index (χ0n) is 13.4. The van der Waals surface area contributed by atoms with E-state index in [9.17, 15) is 9.59 Å². The Hall–Kier alpha value is -2.08. The Labute approximate surface area is 136 Å². The molecule has 2 aliphatic rings. The van der Waals surface area contributed by atoms with Gasteiger partial charge in [0.05, 0.1) is 18.4 Å². The van der Waals surface area contributed by atoms with Gasteiger partial charge >= 0.3 is 0 Å². The number of hydrogen-bond donors (Lipinski definition) is 0. The molecule has 6 nitrogen and oxygen atoms in total. The van der Waals surface area contributed by atoms with Gasteiger partial charge in [0.1, 0.15) is 5.75 Å². The van der Waals surface area contributed by atoms with Gasteiger partial charge in [-0.3, -0.25) is 9.59 Å². The maximum atomic E-state index is 12.4. The molecule has 3 rings (SSSR count). The summed E-state index contributed by atoms with van der Waals surface area (Å²) in [6.07, 6.45) is 1.34. The standard InChI is InChI=1S/C17H22N2O4/c1-2-13-11-18(9-10-22-13)16(20)7-8-19-14-5-3-4-6-15(14)23-12-17(19)21/h3-6,13H,2,7-12H2,1H3/t13-/m1/s1. The minimum Gasteiger partial charge on any atom is -0.482 e. The molecule has 1 fully saturated rings. The van der Waals surface area contributed by atoms with E-state index in [-0.39, 0.29) is 24.5 Å². The molecule has 6 heteroatoms. The molecule has 0 aliphatic carbocycles. The van der Waals surface area contributed by atoms with Gasteiger partial charge in [0.2, 0.25) is 5.91 Å². The number of amides is 2. The second kappa shape index (κ2) is 7.00. The molecule has 0 saturated carbocycles. The predicted molar refractivity (Wildman–Crippen MR) is 85.5 cm³/mol. The van der Waals surface area contributed by atoms with Gasteiger partial charge < -0.3 is 19.3 Å². The molecule has 0 bridgehead atoms. The molecular weight excluding hydrogens is 296 g/mol. The maximum absolute atomic E-state index is 12.4. The minimum absolute atomic E-state index is 0.0284. The summed E-state index contributed by atoms with van der Waals surface area (Å²) in [6, 6.07) is 7.42. The largest absolute Gasteiger partial charge is 0.482 e. The molecule has 0 spiro atoms. The Morgan fingerprint density at radius 1 is 1.35 bits per heavy atom. The molecular formula is C17H22N2O4. The Balaban J connectivity index is 1.61. The van der Waals surface area contributed by atoms with Crippen LogP contribution in [0.15, 0.2) is 24.3 Å². The molecule has 0 N–H and O–H groups in total. The number of rotatable bonds is 4. The van der Waals surface area contributed by atoms with Gasteiger partial charge in [-0.25, -0.2) is 0 Å². The summed E-state index contributed by atoms with van der Waals surface area (Å²) in [4.78, 5) is 28.0. The summed E-state index contributed by atoms with van der Waals surface area (Å²) in [5.41, 5.74) is 0.741. The Morgan fingerprint density at radius 2 is 2.17 bits per heavy atom. The van der Waals surface area contributed by atoms with E-state index in [0.717, 1.165) is 12.1 Å². The van der Waals surface area contributed by atoms with Crippen molar-refractivity contribution in [2.45, 2.75) is 25.9 Å². The molecule has 2 heterocycles. The third-order valence-electron chi connectivity index (χ3n) is 4.30. The lowest BCUT2D eigenvalue weighted by Crippen LogP contribution is -2.47. The number of para-hydroxylation sites is 2. The molecule has 2 aliphatic heterocycles. The highest BCUT2D eigenvalue weighted by Gasteiger charge is 2.27. The quantitative estimate of drug-likeness (QED) is 0.843. The zero-order valence-corrected chi connectivity index (χ0v) is 13.4. The number of hydrogen-bond acceptors (Lipinski definition) is 4. The SMILES string of the molecule is CC[C@@H]1CN(C(=O)CCN2C(=O)COc3ccccc32)CCO1. The van der Waals surface area contributed by atoms with Crippen molar-refractivity contribution < 1.29 is 19.1 Å². The molecule has 0 radical (unpaired) electrons. The van der Waals surface area contributed by atoms with E-state index in [4.69, 9.17) is 9.47 Å². The van der Waals surface area contributed by atoms with Crippen molar-refractivity contribution in [1.29, 1.82) is 0 Å². The number of benzene rings is 1. The van der Waals surface area contributed by atoms with Crippen LogP contribution in [0, 0.1) is 0 Å². The highest BCUT2D eigenvalue weighted by molar-refractivity contribution is 5.98. The van der Waals surface area contributed by atoms with Crippen LogP contribution in [0.2, 0.25) is 0 Å². The van der Waals surface area contributed by atoms with Crippen LogP contribution in [0.1, 0.15) is 19.8 Å². The zero-order chi connectivity index (χ0) is 16.2. The first-order valence-corrected chi connectivity index (χ1v) is 8.10. The molecule has 1 atom stereocenters. The molecule has 2 amide bonds. The van der Waals surface area contributed by atoms with Crippen molar-refractivity contribution >= 4 is 17.5 Å². The minimum atomic E-state index is -0.107. The highest BCUT2D eigenvalue weighted by atomic mass is 16.5. The van der Waals surface area contributed by atoms with Crippen molar-refractivity contribution in [2.75, 3.05) is 37.7 Å². The van der Waals surface area contributed by atoms with Gasteiger partial charge in [-0.1, -0.05) is 19.1 Å². The van der Waals surface area contributed by atoms with E-state index < -0.39 is 0 Å². The van der Waals surface area contributed by atoms with Crippen LogP contribution in [-0.2, 0) is 14.3 Å². The fraction of sp³-hybridized carbons (Fsp3) is 0.529. The fourth-order valence-corrected chi connectivity index (χ4v) is 2.96. The van der Waals surface area contributed by atoms with Gasteiger partial charge in [0, 0.05) is 26.1 Å². The Kier molecular flexibility index (Phi) is 4.81. The number of anilines is 1. The molecule has 1 saturated heterocycles. The summed E-state index contributed by atoms with van der Waals surface area (Å²) in [6.45, 7) is 4.32. The topological polar surface area (TPSA) is 59.1 Å². The van der Waals surface area contributed by atoms with Crippen LogP contribution in [0.4, 0.5) is 5.69 Å². The van der Waals surface area contributed by atoms with Crippen molar-refractivity contribution in [3.05, 3.63) is 24.3 Å². The van der Waals surface area contributed by atoms with Crippen molar-refractivity contribution in [1.82, 2.24) is 4.90 Å². The maximum Gasteiger partial charge on any atom is 0.265 e. The molecule has 23 heavy (non-hydrogen) atoms. The van der Waals surface area contributed by atoms with Gasteiger partial charge in [-0.05, 0) is 18.6 Å². The van der Waals surface area contributed by atoms with Gasteiger partial charge in [-0.2, -0.15) is 0 Å². The normalized spacial score (nSPS) is 20.9. The highest BCUT2D eigenvalue weighted by Crippen LogP contribution is 2.31. The summed E-state index contributed by atoms with van der Waals surface area (Å²) in [5, 5.41) is 0.